The lowest BCUT2D eigenvalue weighted by Gasteiger charge is -2.32. The first-order chi connectivity index (χ1) is 17.7. The minimum atomic E-state index is -2.87. The number of nitrogens with one attached hydrogen (secondary N) is 1. The Bertz CT molecular complexity index is 1260. The van der Waals surface area contributed by atoms with Gasteiger partial charge in [-0.1, -0.05) is 11.3 Å². The van der Waals surface area contributed by atoms with E-state index in [1.165, 1.54) is 34.3 Å². The Morgan fingerprint density at radius 3 is 2.81 bits per heavy atom. The molecule has 0 atom stereocenters. The number of carbonyl (C=O) groups excluding carboxylic acids is 1. The van der Waals surface area contributed by atoms with Gasteiger partial charge in [0.2, 0.25) is 0 Å². The van der Waals surface area contributed by atoms with E-state index in [9.17, 15) is 18.0 Å². The molecule has 11 heteroatoms. The smallest absolute Gasteiger partial charge is 0.278 e. The van der Waals surface area contributed by atoms with Gasteiger partial charge in [-0.3, -0.25) is 14.4 Å². The SMILES string of the molecule is Cn1ncc2c(C(=O)N[C@H]3CC[C@H](CCN4CCc5sc(OCC(C)(F)F)nc5C4)CC3)ccc(F)c21. The first-order valence-corrected chi connectivity index (χ1v) is 13.6. The largest absolute Gasteiger partial charge is 0.464 e. The molecular formula is C26H32F3N5O2S. The Kier molecular flexibility index (Phi) is 7.44. The van der Waals surface area contributed by atoms with Gasteiger partial charge in [0.25, 0.3) is 17.0 Å². The highest BCUT2D eigenvalue weighted by atomic mass is 32.1. The summed E-state index contributed by atoms with van der Waals surface area (Å²) >= 11 is 1.38. The number of nitrogens with zero attached hydrogens (tertiary/aromatic N) is 4. The van der Waals surface area contributed by atoms with Crippen molar-refractivity contribution in [3.63, 3.8) is 0 Å². The standard InChI is InChI=1S/C26H32F3N5O2S/c1-26(28,29)15-36-25-32-21-14-34(12-10-22(21)37-25)11-9-16-3-5-17(6-4-16)31-24(35)18-7-8-20(27)23-19(18)13-30-33(23)2/h7-8,13,16-17H,3-6,9-12,14-15H2,1-2H3,(H,31,35)/t16-,17-. The Hall–Kier alpha value is -2.66. The molecule has 200 valence electrons. The summed E-state index contributed by atoms with van der Waals surface area (Å²) in [5, 5.41) is 8.10. The normalized spacial score (nSPS) is 20.7. The number of alkyl halides is 2. The zero-order valence-corrected chi connectivity index (χ0v) is 21.9. The van der Waals surface area contributed by atoms with Crippen molar-refractivity contribution in [1.82, 2.24) is 25.0 Å². The summed E-state index contributed by atoms with van der Waals surface area (Å²) in [4.78, 5) is 20.9. The molecule has 37 heavy (non-hydrogen) atoms. The van der Waals surface area contributed by atoms with Crippen LogP contribution >= 0.6 is 11.3 Å². The quantitative estimate of drug-likeness (QED) is 0.443. The molecule has 7 nitrogen and oxygen atoms in total. The van der Waals surface area contributed by atoms with Crippen LogP contribution in [0.15, 0.2) is 18.3 Å². The summed E-state index contributed by atoms with van der Waals surface area (Å²) in [5.41, 5.74) is 1.74. The third-order valence-corrected chi connectivity index (χ3v) is 8.44. The number of aryl methyl sites for hydroxylation is 1. The fourth-order valence-corrected chi connectivity index (χ4v) is 6.24. The maximum atomic E-state index is 14.1. The van der Waals surface area contributed by atoms with Crippen LogP contribution in [0.5, 0.6) is 5.19 Å². The third-order valence-electron chi connectivity index (χ3n) is 7.37. The second-order valence-corrected chi connectivity index (χ2v) is 11.4. The number of fused-ring (bicyclic) bond motifs is 2. The van der Waals surface area contributed by atoms with E-state index in [0.29, 0.717) is 27.6 Å². The molecule has 1 aliphatic carbocycles. The summed E-state index contributed by atoms with van der Waals surface area (Å²) in [6.07, 6.45) is 7.44. The third kappa shape index (κ3) is 6.09. The van der Waals surface area contributed by atoms with Gasteiger partial charge in [-0.2, -0.15) is 5.10 Å². The minimum Gasteiger partial charge on any atom is -0.464 e. The first kappa shape index (κ1) is 26.0. The minimum absolute atomic E-state index is 0.113. The number of benzene rings is 1. The fourth-order valence-electron chi connectivity index (χ4n) is 5.33. The Labute approximate surface area is 218 Å². The molecule has 1 aromatic carbocycles. The van der Waals surface area contributed by atoms with E-state index in [1.807, 2.05) is 0 Å². The van der Waals surface area contributed by atoms with Crippen LogP contribution in [0.1, 0.15) is 60.0 Å². The van der Waals surface area contributed by atoms with Gasteiger partial charge in [-0.15, -0.1) is 0 Å². The number of aromatic nitrogens is 3. The summed E-state index contributed by atoms with van der Waals surface area (Å²) in [6.45, 7) is 2.82. The van der Waals surface area contributed by atoms with Crippen molar-refractivity contribution >= 4 is 28.1 Å². The van der Waals surface area contributed by atoms with E-state index in [4.69, 9.17) is 4.74 Å². The van der Waals surface area contributed by atoms with E-state index in [2.05, 4.69) is 20.3 Å². The van der Waals surface area contributed by atoms with Crippen LogP contribution in [-0.4, -0.2) is 57.2 Å². The maximum Gasteiger partial charge on any atom is 0.278 e. The molecule has 0 bridgehead atoms. The zero-order valence-electron chi connectivity index (χ0n) is 21.1. The summed E-state index contributed by atoms with van der Waals surface area (Å²) < 4.78 is 46.9. The van der Waals surface area contributed by atoms with E-state index in [0.717, 1.165) is 75.7 Å². The van der Waals surface area contributed by atoms with Crippen LogP contribution in [0, 0.1) is 11.7 Å². The van der Waals surface area contributed by atoms with E-state index < -0.39 is 12.5 Å². The molecule has 0 unspecified atom stereocenters. The molecule has 1 saturated carbocycles. The topological polar surface area (TPSA) is 72.3 Å². The molecule has 1 amide bonds. The second kappa shape index (κ2) is 10.6. The van der Waals surface area contributed by atoms with Gasteiger partial charge in [-0.05, 0) is 63.1 Å². The lowest BCUT2D eigenvalue weighted by atomic mass is 9.84. The van der Waals surface area contributed by atoms with E-state index in [-0.39, 0.29) is 17.8 Å². The molecule has 1 N–H and O–H groups in total. The molecule has 1 aliphatic heterocycles. The van der Waals surface area contributed by atoms with Crippen molar-refractivity contribution in [1.29, 1.82) is 0 Å². The van der Waals surface area contributed by atoms with Gasteiger partial charge in [0.05, 0.1) is 17.5 Å². The number of rotatable bonds is 8. The van der Waals surface area contributed by atoms with Crippen molar-refractivity contribution in [2.75, 3.05) is 19.7 Å². The molecule has 3 aromatic rings. The number of hydrogen-bond donors (Lipinski definition) is 1. The number of ether oxygens (including phenoxy) is 1. The highest BCUT2D eigenvalue weighted by Gasteiger charge is 2.27. The van der Waals surface area contributed by atoms with Crippen molar-refractivity contribution in [3.8, 4) is 5.19 Å². The molecule has 0 saturated heterocycles. The van der Waals surface area contributed by atoms with Crippen molar-refractivity contribution in [3.05, 3.63) is 40.3 Å². The van der Waals surface area contributed by atoms with E-state index in [1.54, 1.807) is 7.05 Å². The van der Waals surface area contributed by atoms with E-state index >= 15 is 0 Å². The van der Waals surface area contributed by atoms with Crippen LogP contribution in [0.25, 0.3) is 10.9 Å². The first-order valence-electron chi connectivity index (χ1n) is 12.8. The summed E-state index contributed by atoms with van der Waals surface area (Å²) in [5.74, 6) is -2.83. The molecule has 2 aromatic heterocycles. The maximum absolute atomic E-state index is 14.1. The van der Waals surface area contributed by atoms with Crippen LogP contribution in [0.3, 0.4) is 0 Å². The van der Waals surface area contributed by atoms with Crippen LogP contribution < -0.4 is 10.1 Å². The summed E-state index contributed by atoms with van der Waals surface area (Å²) in [6, 6.07) is 2.96. The van der Waals surface area contributed by atoms with Gasteiger partial charge in [0.15, 0.2) is 6.61 Å². The van der Waals surface area contributed by atoms with Crippen molar-refractivity contribution in [2.24, 2.45) is 13.0 Å². The number of halogens is 3. The lowest BCUT2D eigenvalue weighted by molar-refractivity contribution is -0.0230. The van der Waals surface area contributed by atoms with Crippen LogP contribution in [-0.2, 0) is 20.0 Å². The average Bonchev–Trinajstić information content (AvgIpc) is 3.45. The van der Waals surface area contributed by atoms with Gasteiger partial charge in [0, 0.05) is 43.4 Å². The predicted octanol–water partition coefficient (Wildman–Crippen LogP) is 4.94. The fraction of sp³-hybridized carbons (Fsp3) is 0.577. The molecule has 0 radical (unpaired) electrons. The number of thiazole rings is 1. The van der Waals surface area contributed by atoms with Gasteiger partial charge < -0.3 is 10.1 Å². The molecule has 0 spiro atoms. The van der Waals surface area contributed by atoms with Crippen LogP contribution in [0.2, 0.25) is 0 Å². The second-order valence-electron chi connectivity index (χ2n) is 10.3. The zero-order chi connectivity index (χ0) is 26.2. The average molecular weight is 536 g/mol. The summed E-state index contributed by atoms with van der Waals surface area (Å²) in [7, 11) is 1.66. The molecular weight excluding hydrogens is 503 g/mol. The highest BCUT2D eigenvalue weighted by Crippen LogP contribution is 2.32. The number of hydrogen-bond acceptors (Lipinski definition) is 6. The number of amides is 1. The Morgan fingerprint density at radius 2 is 2.05 bits per heavy atom. The highest BCUT2D eigenvalue weighted by molar-refractivity contribution is 7.13. The predicted molar refractivity (Wildman–Crippen MR) is 136 cm³/mol. The van der Waals surface area contributed by atoms with Crippen molar-refractivity contribution in [2.45, 2.75) is 64.0 Å². The monoisotopic (exact) mass is 535 g/mol. The molecule has 2 aliphatic rings. The molecule has 5 rings (SSSR count). The number of carbonyl (C=O) groups is 1. The Balaban J connectivity index is 1.07. The molecule has 1 fully saturated rings. The van der Waals surface area contributed by atoms with Gasteiger partial charge >= 0.3 is 0 Å². The molecule has 3 heterocycles. The van der Waals surface area contributed by atoms with Gasteiger partial charge in [0.1, 0.15) is 11.3 Å². The van der Waals surface area contributed by atoms with Gasteiger partial charge in [-0.25, -0.2) is 18.2 Å². The van der Waals surface area contributed by atoms with Crippen LogP contribution in [0.4, 0.5) is 13.2 Å². The Morgan fingerprint density at radius 1 is 1.27 bits per heavy atom. The van der Waals surface area contributed by atoms with Crippen molar-refractivity contribution < 1.29 is 22.7 Å². The lowest BCUT2D eigenvalue weighted by Crippen LogP contribution is -2.38.